The molecule has 0 unspecified atom stereocenters. The van der Waals surface area contributed by atoms with Crippen molar-refractivity contribution in [2.24, 2.45) is 5.73 Å². The average Bonchev–Trinajstić information content (AvgIpc) is 2.73. The number of carbonyl (C=O) groups is 2. The molecule has 94 valence electrons. The molecule has 0 spiro atoms. The summed E-state index contributed by atoms with van der Waals surface area (Å²) in [5.41, 5.74) is 4.75. The number of aromatic nitrogens is 3. The number of amides is 2. The van der Waals surface area contributed by atoms with E-state index in [9.17, 15) is 9.59 Å². The van der Waals surface area contributed by atoms with Gasteiger partial charge in [-0.15, -0.1) is 5.10 Å². The van der Waals surface area contributed by atoms with Crippen molar-refractivity contribution in [3.8, 4) is 0 Å². The van der Waals surface area contributed by atoms with Crippen LogP contribution in [0.25, 0.3) is 0 Å². The van der Waals surface area contributed by atoms with Gasteiger partial charge in [0.25, 0.3) is 5.91 Å². The van der Waals surface area contributed by atoms with Gasteiger partial charge in [-0.2, -0.15) is 0 Å². The van der Waals surface area contributed by atoms with Crippen molar-refractivity contribution in [3.05, 3.63) is 11.6 Å². The number of carbonyl (C=O) groups excluding carboxylic acids is 2. The van der Waals surface area contributed by atoms with Gasteiger partial charge >= 0.3 is 6.09 Å². The molecular weight excluding hydrogens is 226 g/mol. The van der Waals surface area contributed by atoms with E-state index >= 15 is 0 Å². The van der Waals surface area contributed by atoms with Gasteiger partial charge in [-0.3, -0.25) is 9.89 Å². The number of hydrogen-bond acceptors (Lipinski definition) is 5. The van der Waals surface area contributed by atoms with Crippen LogP contribution in [-0.2, 0) is 4.74 Å². The Balaban J connectivity index is 2.39. The zero-order valence-electron chi connectivity index (χ0n) is 9.69. The van der Waals surface area contributed by atoms with Gasteiger partial charge < -0.3 is 15.8 Å². The summed E-state index contributed by atoms with van der Waals surface area (Å²) >= 11 is 0. The number of primary amides is 1. The number of nitrogens with two attached hydrogens (primary N) is 1. The predicted molar refractivity (Wildman–Crippen MR) is 58.3 cm³/mol. The van der Waals surface area contributed by atoms with Crippen LogP contribution in [-0.4, -0.2) is 40.3 Å². The molecule has 0 atom stereocenters. The molecular formula is C9H15N5O3. The van der Waals surface area contributed by atoms with Gasteiger partial charge in [0.15, 0.2) is 0 Å². The van der Waals surface area contributed by atoms with Crippen LogP contribution in [0.15, 0.2) is 0 Å². The van der Waals surface area contributed by atoms with Crippen LogP contribution in [0.2, 0.25) is 0 Å². The molecule has 0 aromatic carbocycles. The van der Waals surface area contributed by atoms with E-state index in [1.807, 2.05) is 13.8 Å². The quantitative estimate of drug-likeness (QED) is 0.613. The van der Waals surface area contributed by atoms with Crippen LogP contribution < -0.4 is 11.1 Å². The minimum Gasteiger partial charge on any atom is -0.448 e. The molecule has 1 aromatic rings. The number of nitrogens with zero attached hydrogens (tertiary/aromatic N) is 2. The van der Waals surface area contributed by atoms with Crippen molar-refractivity contribution >= 4 is 12.0 Å². The molecule has 8 heteroatoms. The summed E-state index contributed by atoms with van der Waals surface area (Å²) in [4.78, 5) is 25.8. The summed E-state index contributed by atoms with van der Waals surface area (Å²) in [5, 5.41) is 8.93. The van der Waals surface area contributed by atoms with E-state index in [-0.39, 0.29) is 24.9 Å². The first-order chi connectivity index (χ1) is 8.00. The lowest BCUT2D eigenvalue weighted by Gasteiger charge is -2.02. The van der Waals surface area contributed by atoms with Gasteiger partial charge in [0.2, 0.25) is 5.82 Å². The Hall–Kier alpha value is -2.12. The lowest BCUT2D eigenvalue weighted by atomic mass is 10.2. The Morgan fingerprint density at radius 1 is 1.53 bits per heavy atom. The molecule has 0 saturated carbocycles. The van der Waals surface area contributed by atoms with Gasteiger partial charge in [-0.25, -0.2) is 9.78 Å². The van der Waals surface area contributed by atoms with Crippen LogP contribution in [0.5, 0.6) is 0 Å². The summed E-state index contributed by atoms with van der Waals surface area (Å²) in [5.74, 6) is 0.444. The summed E-state index contributed by atoms with van der Waals surface area (Å²) < 4.78 is 4.45. The Morgan fingerprint density at radius 3 is 2.76 bits per heavy atom. The first-order valence-corrected chi connectivity index (χ1v) is 5.13. The Morgan fingerprint density at radius 2 is 2.24 bits per heavy atom. The second kappa shape index (κ2) is 5.83. The number of H-pyrrole nitrogens is 1. The summed E-state index contributed by atoms with van der Waals surface area (Å²) in [6.07, 6.45) is -0.876. The molecule has 0 bridgehead atoms. The Labute approximate surface area is 97.9 Å². The zero-order valence-corrected chi connectivity index (χ0v) is 9.69. The van der Waals surface area contributed by atoms with Gasteiger partial charge in [0.05, 0.1) is 6.54 Å². The molecule has 0 aliphatic carbocycles. The SMILES string of the molecule is CC(C)c1nc(C(=O)NCCOC(N)=O)n[nH]1. The third kappa shape index (κ3) is 4.09. The van der Waals surface area contributed by atoms with Crippen LogP contribution in [0.1, 0.15) is 36.2 Å². The van der Waals surface area contributed by atoms with E-state index < -0.39 is 12.0 Å². The largest absolute Gasteiger partial charge is 0.448 e. The highest BCUT2D eigenvalue weighted by Crippen LogP contribution is 2.07. The molecule has 4 N–H and O–H groups in total. The van der Waals surface area contributed by atoms with E-state index in [1.54, 1.807) is 0 Å². The topological polar surface area (TPSA) is 123 Å². The van der Waals surface area contributed by atoms with Crippen LogP contribution in [0, 0.1) is 0 Å². The Kier molecular flexibility index (Phi) is 4.44. The highest BCUT2D eigenvalue weighted by molar-refractivity contribution is 5.90. The molecule has 1 heterocycles. The van der Waals surface area contributed by atoms with Crippen molar-refractivity contribution in [1.29, 1.82) is 0 Å². The Bertz CT molecular complexity index is 401. The van der Waals surface area contributed by atoms with Crippen molar-refractivity contribution in [2.45, 2.75) is 19.8 Å². The second-order valence-corrected chi connectivity index (χ2v) is 3.62. The fourth-order valence-electron chi connectivity index (χ4n) is 1.03. The van der Waals surface area contributed by atoms with E-state index in [0.29, 0.717) is 5.82 Å². The van der Waals surface area contributed by atoms with Crippen LogP contribution in [0.3, 0.4) is 0 Å². The molecule has 0 aliphatic heterocycles. The normalized spacial score (nSPS) is 10.3. The molecule has 17 heavy (non-hydrogen) atoms. The van der Waals surface area contributed by atoms with Crippen molar-refractivity contribution in [2.75, 3.05) is 13.2 Å². The van der Waals surface area contributed by atoms with Gasteiger partial charge in [0, 0.05) is 5.92 Å². The first-order valence-electron chi connectivity index (χ1n) is 5.13. The number of rotatable bonds is 5. The van der Waals surface area contributed by atoms with Gasteiger partial charge in [-0.1, -0.05) is 13.8 Å². The number of hydrogen-bond donors (Lipinski definition) is 3. The minimum atomic E-state index is -0.876. The van der Waals surface area contributed by atoms with E-state index in [1.165, 1.54) is 0 Å². The fourth-order valence-corrected chi connectivity index (χ4v) is 1.03. The zero-order chi connectivity index (χ0) is 12.8. The standard InChI is InChI=1S/C9H15N5O3/c1-5(2)6-12-7(14-13-6)8(15)11-3-4-17-9(10)16/h5H,3-4H2,1-2H3,(H2,10,16)(H,11,15)(H,12,13,14). The molecule has 1 aromatic heterocycles. The molecule has 1 rings (SSSR count). The third-order valence-corrected chi connectivity index (χ3v) is 1.88. The minimum absolute atomic E-state index is 0.0164. The van der Waals surface area contributed by atoms with Crippen molar-refractivity contribution < 1.29 is 14.3 Å². The third-order valence-electron chi connectivity index (χ3n) is 1.88. The second-order valence-electron chi connectivity index (χ2n) is 3.62. The highest BCUT2D eigenvalue weighted by atomic mass is 16.5. The summed E-state index contributed by atoms with van der Waals surface area (Å²) in [6, 6.07) is 0. The number of nitrogens with one attached hydrogen (secondary N) is 2. The molecule has 0 fully saturated rings. The van der Waals surface area contributed by atoms with Crippen molar-refractivity contribution in [3.63, 3.8) is 0 Å². The lowest BCUT2D eigenvalue weighted by Crippen LogP contribution is -2.29. The van der Waals surface area contributed by atoms with Crippen LogP contribution in [0.4, 0.5) is 4.79 Å². The van der Waals surface area contributed by atoms with Crippen molar-refractivity contribution in [1.82, 2.24) is 20.5 Å². The van der Waals surface area contributed by atoms with Gasteiger partial charge in [-0.05, 0) is 0 Å². The lowest BCUT2D eigenvalue weighted by molar-refractivity contribution is 0.0927. The van der Waals surface area contributed by atoms with E-state index in [2.05, 4.69) is 25.2 Å². The number of ether oxygens (including phenoxy) is 1. The van der Waals surface area contributed by atoms with E-state index in [0.717, 1.165) is 0 Å². The maximum atomic E-state index is 11.5. The summed E-state index contributed by atoms with van der Waals surface area (Å²) in [6.45, 7) is 4.04. The predicted octanol–water partition coefficient (Wildman–Crippen LogP) is -0.247. The molecule has 0 radical (unpaired) electrons. The number of aromatic amines is 1. The van der Waals surface area contributed by atoms with Crippen LogP contribution >= 0.6 is 0 Å². The maximum Gasteiger partial charge on any atom is 0.404 e. The average molecular weight is 241 g/mol. The molecule has 0 saturated heterocycles. The smallest absolute Gasteiger partial charge is 0.404 e. The first kappa shape index (κ1) is 12.9. The summed E-state index contributed by atoms with van der Waals surface area (Å²) in [7, 11) is 0. The monoisotopic (exact) mass is 241 g/mol. The van der Waals surface area contributed by atoms with E-state index in [4.69, 9.17) is 5.73 Å². The van der Waals surface area contributed by atoms with Gasteiger partial charge in [0.1, 0.15) is 12.4 Å². The highest BCUT2D eigenvalue weighted by Gasteiger charge is 2.13. The maximum absolute atomic E-state index is 11.5. The molecule has 2 amide bonds. The fraction of sp³-hybridized carbons (Fsp3) is 0.556. The molecule has 8 nitrogen and oxygen atoms in total. The molecule has 0 aliphatic rings.